The minimum Gasteiger partial charge on any atom is -0.480 e. The minimum atomic E-state index is -1.06. The van der Waals surface area contributed by atoms with Gasteiger partial charge >= 0.3 is 5.97 Å². The molecule has 0 aliphatic rings. The third-order valence-electron chi connectivity index (χ3n) is 3.49. The zero-order valence-electron chi connectivity index (χ0n) is 13.9. The number of carbonyl (C=O) groups excluding carboxylic acids is 1. The van der Waals surface area contributed by atoms with Crippen molar-refractivity contribution in [3.63, 3.8) is 0 Å². The molecule has 3 N–H and O–H groups in total. The van der Waals surface area contributed by atoms with Crippen LogP contribution < -0.4 is 5.73 Å². The number of carbonyl (C=O) groups is 2. The molecule has 1 aromatic heterocycles. The van der Waals surface area contributed by atoms with E-state index in [2.05, 4.69) is 4.98 Å². The molecule has 144 valence electrons. The summed E-state index contributed by atoms with van der Waals surface area (Å²) in [4.78, 5) is 29.3. The van der Waals surface area contributed by atoms with Crippen LogP contribution in [-0.4, -0.2) is 39.5 Å². The molecule has 1 aromatic carbocycles. The van der Waals surface area contributed by atoms with Gasteiger partial charge in [-0.15, -0.1) is 37.2 Å². The van der Waals surface area contributed by atoms with Gasteiger partial charge < -0.3 is 15.7 Å². The standard InChI is InChI=1S/C17H19N3O3.3ClH/c18-11-16(21)20(12-14-8-4-5-9-19-14)15(17(22)23)10-13-6-2-1-3-7-13;;;/h1-9,15H,10-12,18H2,(H,22,23);3*1H/t15-;;;/m0.../s1. The van der Waals surface area contributed by atoms with Crippen molar-refractivity contribution in [3.05, 3.63) is 66.0 Å². The largest absolute Gasteiger partial charge is 0.480 e. The van der Waals surface area contributed by atoms with Gasteiger partial charge in [-0.2, -0.15) is 0 Å². The first-order valence-corrected chi connectivity index (χ1v) is 7.28. The lowest BCUT2D eigenvalue weighted by Gasteiger charge is -2.28. The smallest absolute Gasteiger partial charge is 0.326 e. The molecular formula is C17H22Cl3N3O3. The van der Waals surface area contributed by atoms with Gasteiger partial charge in [0.15, 0.2) is 0 Å². The number of carboxylic acid groups (broad SMARTS) is 1. The molecule has 2 aromatic rings. The van der Waals surface area contributed by atoms with Crippen LogP contribution in [0, 0.1) is 0 Å². The van der Waals surface area contributed by atoms with Gasteiger partial charge in [-0.1, -0.05) is 36.4 Å². The molecule has 2 rings (SSSR count). The Morgan fingerprint density at radius 1 is 1.04 bits per heavy atom. The van der Waals surface area contributed by atoms with Crippen LogP contribution in [0.15, 0.2) is 54.7 Å². The lowest BCUT2D eigenvalue weighted by molar-refractivity contribution is -0.150. The van der Waals surface area contributed by atoms with E-state index < -0.39 is 17.9 Å². The quantitative estimate of drug-likeness (QED) is 0.714. The van der Waals surface area contributed by atoms with Crippen LogP contribution in [0.5, 0.6) is 0 Å². The molecule has 0 saturated heterocycles. The summed E-state index contributed by atoms with van der Waals surface area (Å²) in [6.45, 7) is -0.133. The maximum Gasteiger partial charge on any atom is 0.326 e. The van der Waals surface area contributed by atoms with Crippen LogP contribution in [0.1, 0.15) is 11.3 Å². The van der Waals surface area contributed by atoms with E-state index >= 15 is 0 Å². The fourth-order valence-electron chi connectivity index (χ4n) is 2.32. The van der Waals surface area contributed by atoms with Crippen molar-refractivity contribution in [1.82, 2.24) is 9.88 Å². The number of aromatic nitrogens is 1. The van der Waals surface area contributed by atoms with Crippen molar-refractivity contribution >= 4 is 49.1 Å². The second-order valence-corrected chi connectivity index (χ2v) is 5.09. The Kier molecular flexibility index (Phi) is 13.5. The Morgan fingerprint density at radius 3 is 2.15 bits per heavy atom. The number of hydrogen-bond donors (Lipinski definition) is 2. The molecule has 0 radical (unpaired) electrons. The van der Waals surface area contributed by atoms with Crippen LogP contribution in [0.3, 0.4) is 0 Å². The van der Waals surface area contributed by atoms with Gasteiger partial charge in [0, 0.05) is 12.6 Å². The number of aliphatic carboxylic acids is 1. The Balaban J connectivity index is 0. The summed E-state index contributed by atoms with van der Waals surface area (Å²) in [5.41, 5.74) is 6.92. The lowest BCUT2D eigenvalue weighted by atomic mass is 10.0. The van der Waals surface area contributed by atoms with Crippen molar-refractivity contribution in [3.8, 4) is 0 Å². The van der Waals surface area contributed by atoms with Gasteiger partial charge in [0.1, 0.15) is 6.04 Å². The monoisotopic (exact) mass is 421 g/mol. The highest BCUT2D eigenvalue weighted by Gasteiger charge is 2.29. The second-order valence-electron chi connectivity index (χ2n) is 5.09. The fourth-order valence-corrected chi connectivity index (χ4v) is 2.32. The normalized spacial score (nSPS) is 10.3. The van der Waals surface area contributed by atoms with Crippen LogP contribution >= 0.6 is 37.2 Å². The molecule has 0 bridgehead atoms. The predicted octanol–water partition coefficient (Wildman–Crippen LogP) is 2.33. The van der Waals surface area contributed by atoms with Gasteiger partial charge in [0.2, 0.25) is 5.91 Å². The summed E-state index contributed by atoms with van der Waals surface area (Å²) in [5.74, 6) is -1.48. The molecule has 6 nitrogen and oxygen atoms in total. The van der Waals surface area contributed by atoms with Gasteiger partial charge in [-0.25, -0.2) is 4.79 Å². The molecule has 1 amide bonds. The molecule has 1 atom stereocenters. The summed E-state index contributed by atoms with van der Waals surface area (Å²) < 4.78 is 0. The Bertz CT molecular complexity index is 660. The lowest BCUT2D eigenvalue weighted by Crippen LogP contribution is -2.48. The number of nitrogens with zero attached hydrogens (tertiary/aromatic N) is 2. The maximum atomic E-state index is 12.2. The summed E-state index contributed by atoms with van der Waals surface area (Å²) in [6, 6.07) is 13.5. The van der Waals surface area contributed by atoms with E-state index in [0.717, 1.165) is 5.56 Å². The molecule has 26 heavy (non-hydrogen) atoms. The Hall–Kier alpha value is -1.86. The third-order valence-corrected chi connectivity index (χ3v) is 3.49. The Labute approximate surface area is 171 Å². The van der Waals surface area contributed by atoms with Crippen LogP contribution in [-0.2, 0) is 22.6 Å². The van der Waals surface area contributed by atoms with E-state index in [1.807, 2.05) is 30.3 Å². The summed E-state index contributed by atoms with van der Waals surface area (Å²) in [5, 5.41) is 9.57. The van der Waals surface area contributed by atoms with E-state index in [4.69, 9.17) is 5.73 Å². The van der Waals surface area contributed by atoms with Gasteiger partial charge in [0.05, 0.1) is 18.8 Å². The summed E-state index contributed by atoms with van der Waals surface area (Å²) >= 11 is 0. The van der Waals surface area contributed by atoms with Crippen molar-refractivity contribution < 1.29 is 14.7 Å². The minimum absolute atomic E-state index is 0. The molecule has 1 heterocycles. The van der Waals surface area contributed by atoms with Crippen LogP contribution in [0.2, 0.25) is 0 Å². The van der Waals surface area contributed by atoms with Gasteiger partial charge in [-0.3, -0.25) is 9.78 Å². The Morgan fingerprint density at radius 2 is 1.65 bits per heavy atom. The number of rotatable bonds is 7. The van der Waals surface area contributed by atoms with E-state index in [1.54, 1.807) is 24.4 Å². The second kappa shape index (κ2) is 13.4. The van der Waals surface area contributed by atoms with Crippen molar-refractivity contribution in [2.24, 2.45) is 5.73 Å². The molecule has 0 aliphatic heterocycles. The number of nitrogens with two attached hydrogens (primary N) is 1. The van der Waals surface area contributed by atoms with E-state index in [0.29, 0.717) is 5.69 Å². The molecule has 0 fully saturated rings. The van der Waals surface area contributed by atoms with Crippen molar-refractivity contribution in [1.29, 1.82) is 0 Å². The fraction of sp³-hybridized carbons (Fsp3) is 0.235. The first-order valence-electron chi connectivity index (χ1n) is 7.28. The molecule has 0 unspecified atom stereocenters. The van der Waals surface area contributed by atoms with E-state index in [1.165, 1.54) is 4.90 Å². The number of benzene rings is 1. The number of hydrogen-bond acceptors (Lipinski definition) is 4. The van der Waals surface area contributed by atoms with Crippen molar-refractivity contribution in [2.45, 2.75) is 19.0 Å². The van der Waals surface area contributed by atoms with E-state index in [9.17, 15) is 14.7 Å². The molecular weight excluding hydrogens is 401 g/mol. The number of halogens is 3. The predicted molar refractivity (Wildman–Crippen MR) is 107 cm³/mol. The highest BCUT2D eigenvalue weighted by molar-refractivity contribution is 5.86. The first kappa shape index (κ1) is 26.4. The highest BCUT2D eigenvalue weighted by atomic mass is 35.5. The van der Waals surface area contributed by atoms with Crippen molar-refractivity contribution in [2.75, 3.05) is 6.54 Å². The van der Waals surface area contributed by atoms with Gasteiger partial charge in [0.25, 0.3) is 0 Å². The zero-order chi connectivity index (χ0) is 16.7. The van der Waals surface area contributed by atoms with Crippen LogP contribution in [0.4, 0.5) is 0 Å². The first-order chi connectivity index (χ1) is 11.1. The zero-order valence-corrected chi connectivity index (χ0v) is 16.3. The number of carboxylic acids is 1. The summed E-state index contributed by atoms with van der Waals surface area (Å²) in [7, 11) is 0. The number of amides is 1. The highest BCUT2D eigenvalue weighted by Crippen LogP contribution is 2.13. The molecule has 0 aliphatic carbocycles. The molecule has 9 heteroatoms. The maximum absolute atomic E-state index is 12.2. The summed E-state index contributed by atoms with van der Waals surface area (Å²) in [6.07, 6.45) is 1.82. The SMILES string of the molecule is Cl.Cl.Cl.NCC(=O)N(Cc1ccccn1)[C@@H](Cc1ccccc1)C(=O)O. The van der Waals surface area contributed by atoms with Crippen LogP contribution in [0.25, 0.3) is 0 Å². The molecule has 0 spiro atoms. The number of pyridine rings is 1. The average Bonchev–Trinajstić information content (AvgIpc) is 2.59. The van der Waals surface area contributed by atoms with Gasteiger partial charge in [-0.05, 0) is 17.7 Å². The topological polar surface area (TPSA) is 96.5 Å². The average molecular weight is 423 g/mol. The van der Waals surface area contributed by atoms with E-state index in [-0.39, 0.29) is 56.7 Å². The third kappa shape index (κ3) is 7.58. The molecule has 0 saturated carbocycles.